The van der Waals surface area contributed by atoms with Gasteiger partial charge in [0.05, 0.1) is 5.42 Å². The standard InChI is InChI=1S/C27H26NO2P/c1-2-3-19-25(29)27(28-21-20-26(28)30)31(22-13-7-4-8-14-22,23-15-9-5-10-16-23)24-17-11-6-12-18-24/h2,4-18H,1,3,19-21H2. The van der Waals surface area contributed by atoms with E-state index in [0.29, 0.717) is 31.2 Å². The molecule has 0 unspecified atom stereocenters. The zero-order valence-corrected chi connectivity index (χ0v) is 18.4. The van der Waals surface area contributed by atoms with E-state index in [2.05, 4.69) is 43.0 Å². The molecular weight excluding hydrogens is 401 g/mol. The van der Waals surface area contributed by atoms with Crippen LogP contribution in [0.2, 0.25) is 0 Å². The van der Waals surface area contributed by atoms with Gasteiger partial charge in [-0.15, -0.1) is 6.58 Å². The lowest BCUT2D eigenvalue weighted by Crippen LogP contribution is -2.53. The summed E-state index contributed by atoms with van der Waals surface area (Å²) in [6.45, 7) is 1.79. The van der Waals surface area contributed by atoms with Crippen LogP contribution in [-0.4, -0.2) is 28.6 Å². The molecule has 0 radical (unpaired) electrons. The Morgan fingerprint density at radius 2 is 1.29 bits per heavy atom. The molecule has 1 amide bonds. The maximum absolute atomic E-state index is 13.8. The predicted octanol–water partition coefficient (Wildman–Crippen LogP) is 3.88. The zero-order valence-electron chi connectivity index (χ0n) is 17.5. The fourth-order valence-electron chi connectivity index (χ4n) is 4.17. The summed E-state index contributed by atoms with van der Waals surface area (Å²) in [6, 6.07) is 30.6. The molecule has 0 aliphatic carbocycles. The molecule has 1 aliphatic rings. The summed E-state index contributed by atoms with van der Waals surface area (Å²) in [4.78, 5) is 28.3. The van der Waals surface area contributed by atoms with E-state index in [9.17, 15) is 9.59 Å². The van der Waals surface area contributed by atoms with Gasteiger partial charge in [-0.1, -0.05) is 97.1 Å². The van der Waals surface area contributed by atoms with Gasteiger partial charge in [-0.3, -0.25) is 9.59 Å². The maximum atomic E-state index is 13.8. The van der Waals surface area contributed by atoms with Crippen LogP contribution in [0.4, 0.5) is 0 Å². The Hall–Kier alpha value is -3.16. The second-order valence-electron chi connectivity index (χ2n) is 7.55. The minimum Gasteiger partial charge on any atom is -0.308 e. The third kappa shape index (κ3) is 3.82. The highest BCUT2D eigenvalue weighted by molar-refractivity contribution is 7.96. The van der Waals surface area contributed by atoms with Gasteiger partial charge in [-0.2, -0.15) is 0 Å². The van der Waals surface area contributed by atoms with Gasteiger partial charge < -0.3 is 4.90 Å². The largest absolute Gasteiger partial charge is 0.308 e. The van der Waals surface area contributed by atoms with Crippen molar-refractivity contribution >= 4 is 39.9 Å². The molecule has 0 atom stereocenters. The minimum atomic E-state index is -2.58. The normalized spacial score (nSPS) is 13.4. The van der Waals surface area contributed by atoms with Crippen molar-refractivity contribution in [2.45, 2.75) is 19.3 Å². The molecule has 3 nitrogen and oxygen atoms in total. The number of nitrogens with zero attached hydrogens (tertiary/aromatic N) is 1. The number of β-lactam (4-membered cyclic amide) rings is 1. The Morgan fingerprint density at radius 3 is 1.61 bits per heavy atom. The number of hydrogen-bond acceptors (Lipinski definition) is 2. The van der Waals surface area contributed by atoms with Crippen molar-refractivity contribution in [3.05, 3.63) is 104 Å². The van der Waals surface area contributed by atoms with Gasteiger partial charge >= 0.3 is 0 Å². The first-order valence-corrected chi connectivity index (χ1v) is 12.4. The smallest absolute Gasteiger partial charge is 0.228 e. The molecule has 1 saturated heterocycles. The predicted molar refractivity (Wildman–Crippen MR) is 131 cm³/mol. The van der Waals surface area contributed by atoms with Crippen LogP contribution in [0, 0.1) is 0 Å². The van der Waals surface area contributed by atoms with Crippen LogP contribution in [0.3, 0.4) is 0 Å². The lowest BCUT2D eigenvalue weighted by molar-refractivity contribution is -0.135. The summed E-state index contributed by atoms with van der Waals surface area (Å²) in [7, 11) is 0. The fourth-order valence-corrected chi connectivity index (χ4v) is 8.72. The number of likely N-dealkylation sites (tertiary alicyclic amines) is 1. The van der Waals surface area contributed by atoms with Crippen molar-refractivity contribution in [3.8, 4) is 0 Å². The van der Waals surface area contributed by atoms with Crippen LogP contribution in [0.25, 0.3) is 0 Å². The molecule has 4 heteroatoms. The summed E-state index contributed by atoms with van der Waals surface area (Å²) in [5.41, 5.74) is 0.647. The van der Waals surface area contributed by atoms with Crippen LogP contribution in [0.5, 0.6) is 0 Å². The molecule has 0 N–H and O–H groups in total. The van der Waals surface area contributed by atoms with Gasteiger partial charge in [0.25, 0.3) is 0 Å². The van der Waals surface area contributed by atoms with Crippen LogP contribution in [-0.2, 0) is 9.59 Å². The average molecular weight is 427 g/mol. The van der Waals surface area contributed by atoms with E-state index in [1.54, 1.807) is 11.0 Å². The topological polar surface area (TPSA) is 37.4 Å². The van der Waals surface area contributed by atoms with Gasteiger partial charge in [-0.25, -0.2) is 0 Å². The average Bonchev–Trinajstić information content (AvgIpc) is 2.83. The highest BCUT2D eigenvalue weighted by Gasteiger charge is 2.40. The number of carbonyl (C=O) groups is 2. The molecule has 0 bridgehead atoms. The van der Waals surface area contributed by atoms with Crippen molar-refractivity contribution in [2.75, 3.05) is 6.54 Å². The monoisotopic (exact) mass is 427 g/mol. The molecule has 0 spiro atoms. The van der Waals surface area contributed by atoms with E-state index in [-0.39, 0.29) is 11.7 Å². The van der Waals surface area contributed by atoms with Crippen LogP contribution in [0.1, 0.15) is 19.3 Å². The molecule has 156 valence electrons. The number of hydrogen-bond donors (Lipinski definition) is 0. The van der Waals surface area contributed by atoms with Crippen molar-refractivity contribution in [3.63, 3.8) is 0 Å². The molecule has 1 heterocycles. The molecule has 3 aromatic carbocycles. The number of Topliss-reactive ketones (excluding diaryl/α,β-unsaturated/α-hetero) is 1. The number of allylic oxidation sites excluding steroid dienone is 1. The van der Waals surface area contributed by atoms with E-state index in [0.717, 1.165) is 15.9 Å². The SMILES string of the molecule is C=CCCC(=O)C(N1CCC1=O)=P(c1ccccc1)(c1ccccc1)c1ccccc1. The Kier molecular flexibility index (Phi) is 6.34. The first-order chi connectivity index (χ1) is 15.2. The van der Waals surface area contributed by atoms with Crippen molar-refractivity contribution < 1.29 is 9.59 Å². The molecule has 0 saturated carbocycles. The van der Waals surface area contributed by atoms with Crippen molar-refractivity contribution in [1.82, 2.24) is 4.90 Å². The van der Waals surface area contributed by atoms with E-state index < -0.39 is 6.89 Å². The van der Waals surface area contributed by atoms with Crippen molar-refractivity contribution in [1.29, 1.82) is 0 Å². The molecule has 1 fully saturated rings. The molecular formula is C27H26NO2P. The third-order valence-corrected chi connectivity index (χ3v) is 10.0. The zero-order chi connectivity index (χ0) is 21.7. The summed E-state index contributed by atoms with van der Waals surface area (Å²) >= 11 is 0. The van der Waals surface area contributed by atoms with Gasteiger partial charge in [0, 0.05) is 26.3 Å². The second kappa shape index (κ2) is 9.32. The second-order valence-corrected chi connectivity index (χ2v) is 10.9. The van der Waals surface area contributed by atoms with Crippen LogP contribution in [0.15, 0.2) is 104 Å². The third-order valence-electron chi connectivity index (χ3n) is 5.68. The highest BCUT2D eigenvalue weighted by Crippen LogP contribution is 2.48. The number of amides is 1. The summed E-state index contributed by atoms with van der Waals surface area (Å²) < 4.78 is 0. The Morgan fingerprint density at radius 1 is 0.839 bits per heavy atom. The Balaban J connectivity index is 2.20. The Bertz CT molecular complexity index is 1030. The number of ketones is 1. The number of carbonyl (C=O) groups excluding carboxylic acids is 2. The lowest BCUT2D eigenvalue weighted by Gasteiger charge is -2.40. The van der Waals surface area contributed by atoms with Gasteiger partial charge in [0.15, 0.2) is 5.78 Å². The number of rotatable bonds is 8. The molecule has 0 aromatic heterocycles. The maximum Gasteiger partial charge on any atom is 0.228 e. The molecule has 31 heavy (non-hydrogen) atoms. The quantitative estimate of drug-likeness (QED) is 0.311. The first kappa shape index (κ1) is 21.1. The lowest BCUT2D eigenvalue weighted by atomic mass is 10.1. The van der Waals surface area contributed by atoms with E-state index in [1.165, 1.54) is 0 Å². The summed E-state index contributed by atoms with van der Waals surface area (Å²) in [5, 5.41) is 3.23. The van der Waals surface area contributed by atoms with Gasteiger partial charge in [0.1, 0.15) is 0 Å². The Labute approximate surface area is 184 Å². The number of benzene rings is 3. The van der Waals surface area contributed by atoms with Crippen molar-refractivity contribution in [2.24, 2.45) is 0 Å². The van der Waals surface area contributed by atoms with Crippen LogP contribution < -0.4 is 15.9 Å². The van der Waals surface area contributed by atoms with E-state index >= 15 is 0 Å². The molecule has 3 aromatic rings. The van der Waals surface area contributed by atoms with E-state index in [4.69, 9.17) is 0 Å². The van der Waals surface area contributed by atoms with Gasteiger partial charge in [-0.05, 0) is 22.3 Å². The fraction of sp³-hybridized carbons (Fsp3) is 0.148. The first-order valence-electron chi connectivity index (χ1n) is 10.6. The summed E-state index contributed by atoms with van der Waals surface area (Å²) in [5.74, 6) is 0.0481. The highest BCUT2D eigenvalue weighted by atomic mass is 31.2. The van der Waals surface area contributed by atoms with E-state index in [1.807, 2.05) is 54.6 Å². The minimum absolute atomic E-state index is 0.0223. The molecule has 1 aliphatic heterocycles. The van der Waals surface area contributed by atoms with Crippen LogP contribution >= 0.6 is 6.89 Å². The molecule has 4 rings (SSSR count). The van der Waals surface area contributed by atoms with Gasteiger partial charge in [0.2, 0.25) is 5.91 Å². The summed E-state index contributed by atoms with van der Waals surface area (Å²) in [6.07, 6.45) is 3.18.